The molecule has 0 spiro atoms. The number of ether oxygens (including phenoxy) is 2. The van der Waals surface area contributed by atoms with E-state index in [9.17, 15) is 4.79 Å². The second-order valence-corrected chi connectivity index (χ2v) is 7.31. The molecule has 0 saturated carbocycles. The normalized spacial score (nSPS) is 14.0. The summed E-state index contributed by atoms with van der Waals surface area (Å²) in [6.45, 7) is 4.76. The summed E-state index contributed by atoms with van der Waals surface area (Å²) in [4.78, 5) is 21.7. The number of piperazine rings is 1. The molecule has 1 aliphatic rings. The molecule has 0 aliphatic carbocycles. The minimum Gasteiger partial charge on any atom is -0.497 e. The molecule has 1 aliphatic heterocycles. The molecule has 1 saturated heterocycles. The van der Waals surface area contributed by atoms with Gasteiger partial charge in [0.05, 0.1) is 14.2 Å². The Hall–Kier alpha value is -3.48. The molecule has 0 bridgehead atoms. The highest BCUT2D eigenvalue weighted by Gasteiger charge is 2.25. The van der Waals surface area contributed by atoms with Crippen LogP contribution in [0.3, 0.4) is 0 Å². The Kier molecular flexibility index (Phi) is 5.61. The van der Waals surface area contributed by atoms with Gasteiger partial charge in [0.15, 0.2) is 0 Å². The molecule has 156 valence electrons. The molecule has 1 aromatic heterocycles. The van der Waals surface area contributed by atoms with Gasteiger partial charge in [-0.15, -0.1) is 0 Å². The molecule has 2 aromatic carbocycles. The van der Waals surface area contributed by atoms with Crippen LogP contribution in [0.25, 0.3) is 5.69 Å². The Balaban J connectivity index is 1.47. The summed E-state index contributed by atoms with van der Waals surface area (Å²) < 4.78 is 12.7. The first-order chi connectivity index (χ1) is 14.6. The van der Waals surface area contributed by atoms with Crippen LogP contribution in [0, 0.1) is 6.92 Å². The van der Waals surface area contributed by atoms with Gasteiger partial charge in [-0.3, -0.25) is 9.36 Å². The van der Waals surface area contributed by atoms with Crippen LogP contribution in [0.2, 0.25) is 0 Å². The number of amides is 1. The predicted octanol–water partition coefficient (Wildman–Crippen LogP) is 3.16. The Labute approximate surface area is 176 Å². The van der Waals surface area contributed by atoms with Gasteiger partial charge in [0, 0.05) is 55.9 Å². The summed E-state index contributed by atoms with van der Waals surface area (Å²) >= 11 is 0. The molecular weight excluding hydrogens is 380 g/mol. The number of aryl methyl sites for hydroxylation is 1. The molecule has 0 radical (unpaired) electrons. The van der Waals surface area contributed by atoms with E-state index in [1.165, 1.54) is 5.56 Å². The lowest BCUT2D eigenvalue weighted by Gasteiger charge is -2.35. The second kappa shape index (κ2) is 8.49. The average molecular weight is 406 g/mol. The van der Waals surface area contributed by atoms with Gasteiger partial charge in [0.1, 0.15) is 11.5 Å². The van der Waals surface area contributed by atoms with Crippen LogP contribution in [0.1, 0.15) is 15.9 Å². The first kappa shape index (κ1) is 19.8. The van der Waals surface area contributed by atoms with E-state index in [1.807, 2.05) is 17.3 Å². The fourth-order valence-corrected chi connectivity index (χ4v) is 3.66. The summed E-state index contributed by atoms with van der Waals surface area (Å²) in [6.07, 6.45) is 3.79. The highest BCUT2D eigenvalue weighted by Crippen LogP contribution is 2.25. The van der Waals surface area contributed by atoms with E-state index in [2.05, 4.69) is 45.6 Å². The van der Waals surface area contributed by atoms with E-state index in [0.29, 0.717) is 30.2 Å². The van der Waals surface area contributed by atoms with Crippen molar-refractivity contribution in [3.63, 3.8) is 0 Å². The van der Waals surface area contributed by atoms with Crippen molar-refractivity contribution in [2.45, 2.75) is 6.92 Å². The summed E-state index contributed by atoms with van der Waals surface area (Å²) in [5, 5.41) is 0. The summed E-state index contributed by atoms with van der Waals surface area (Å²) in [7, 11) is 3.16. The van der Waals surface area contributed by atoms with Gasteiger partial charge < -0.3 is 19.3 Å². The molecule has 30 heavy (non-hydrogen) atoms. The van der Waals surface area contributed by atoms with Crippen molar-refractivity contribution in [1.29, 1.82) is 0 Å². The van der Waals surface area contributed by atoms with Crippen molar-refractivity contribution < 1.29 is 14.3 Å². The number of hydrogen-bond donors (Lipinski definition) is 0. The zero-order chi connectivity index (χ0) is 21.1. The van der Waals surface area contributed by atoms with E-state index in [0.717, 1.165) is 24.7 Å². The van der Waals surface area contributed by atoms with E-state index in [4.69, 9.17) is 9.47 Å². The number of rotatable bonds is 5. The number of methoxy groups -OCH3 is 2. The SMILES string of the molecule is COc1cc(OC)cc(C(=O)N2CCN(c3nccn3-c3ccc(C)cc3)CC2)c1. The van der Waals surface area contributed by atoms with Crippen LogP contribution in [0.5, 0.6) is 11.5 Å². The highest BCUT2D eigenvalue weighted by atomic mass is 16.5. The molecule has 0 N–H and O–H groups in total. The minimum absolute atomic E-state index is 0.0197. The quantitative estimate of drug-likeness (QED) is 0.651. The van der Waals surface area contributed by atoms with Crippen LogP contribution in [0.15, 0.2) is 54.9 Å². The maximum absolute atomic E-state index is 13.0. The Bertz CT molecular complexity index is 999. The largest absolute Gasteiger partial charge is 0.497 e. The van der Waals surface area contributed by atoms with Gasteiger partial charge in [0.25, 0.3) is 5.91 Å². The highest BCUT2D eigenvalue weighted by molar-refractivity contribution is 5.95. The van der Waals surface area contributed by atoms with E-state index < -0.39 is 0 Å². The van der Waals surface area contributed by atoms with Crippen molar-refractivity contribution in [2.75, 3.05) is 45.3 Å². The van der Waals surface area contributed by atoms with Gasteiger partial charge in [0.2, 0.25) is 5.95 Å². The maximum atomic E-state index is 13.0. The van der Waals surface area contributed by atoms with Crippen molar-refractivity contribution in [2.24, 2.45) is 0 Å². The monoisotopic (exact) mass is 406 g/mol. The van der Waals surface area contributed by atoms with Crippen molar-refractivity contribution >= 4 is 11.9 Å². The molecule has 0 atom stereocenters. The van der Waals surface area contributed by atoms with Gasteiger partial charge in [-0.05, 0) is 31.2 Å². The van der Waals surface area contributed by atoms with Crippen LogP contribution in [-0.4, -0.2) is 60.8 Å². The summed E-state index contributed by atoms with van der Waals surface area (Å²) in [5.41, 5.74) is 2.87. The molecule has 7 heteroatoms. The molecule has 0 unspecified atom stereocenters. The molecule has 3 aromatic rings. The maximum Gasteiger partial charge on any atom is 0.254 e. The third kappa shape index (κ3) is 3.96. The van der Waals surface area contributed by atoms with Gasteiger partial charge >= 0.3 is 0 Å². The topological polar surface area (TPSA) is 59.8 Å². The van der Waals surface area contributed by atoms with Gasteiger partial charge in [-0.25, -0.2) is 4.98 Å². The number of benzene rings is 2. The number of hydrogen-bond acceptors (Lipinski definition) is 5. The smallest absolute Gasteiger partial charge is 0.254 e. The average Bonchev–Trinajstić information content (AvgIpc) is 3.28. The Morgan fingerprint density at radius 1 is 0.933 bits per heavy atom. The number of anilines is 1. The van der Waals surface area contributed by atoms with E-state index in [1.54, 1.807) is 32.4 Å². The fraction of sp³-hybridized carbons (Fsp3) is 0.304. The lowest BCUT2D eigenvalue weighted by atomic mass is 10.1. The number of carbonyl (C=O) groups is 1. The Morgan fingerprint density at radius 2 is 1.57 bits per heavy atom. The van der Waals surface area contributed by atoms with Gasteiger partial charge in [-0.2, -0.15) is 0 Å². The first-order valence-electron chi connectivity index (χ1n) is 9.96. The van der Waals surface area contributed by atoms with E-state index in [-0.39, 0.29) is 5.91 Å². The van der Waals surface area contributed by atoms with Gasteiger partial charge in [-0.1, -0.05) is 17.7 Å². The molecular formula is C23H26N4O3. The fourth-order valence-electron chi connectivity index (χ4n) is 3.66. The zero-order valence-electron chi connectivity index (χ0n) is 17.5. The molecule has 2 heterocycles. The van der Waals surface area contributed by atoms with Crippen LogP contribution >= 0.6 is 0 Å². The molecule has 1 fully saturated rings. The van der Waals surface area contributed by atoms with Crippen LogP contribution in [0.4, 0.5) is 5.95 Å². The summed E-state index contributed by atoms with van der Waals surface area (Å²) in [5.74, 6) is 2.09. The number of carbonyl (C=O) groups excluding carboxylic acids is 1. The number of imidazole rings is 1. The van der Waals surface area contributed by atoms with Crippen LogP contribution in [-0.2, 0) is 0 Å². The van der Waals surface area contributed by atoms with E-state index >= 15 is 0 Å². The summed E-state index contributed by atoms with van der Waals surface area (Å²) in [6, 6.07) is 13.6. The van der Waals surface area contributed by atoms with Crippen molar-refractivity contribution in [1.82, 2.24) is 14.5 Å². The zero-order valence-corrected chi connectivity index (χ0v) is 17.5. The van der Waals surface area contributed by atoms with Crippen molar-refractivity contribution in [3.05, 3.63) is 66.0 Å². The predicted molar refractivity (Wildman–Crippen MR) is 116 cm³/mol. The van der Waals surface area contributed by atoms with Crippen molar-refractivity contribution in [3.8, 4) is 17.2 Å². The minimum atomic E-state index is -0.0197. The second-order valence-electron chi connectivity index (χ2n) is 7.31. The number of nitrogens with zero attached hydrogens (tertiary/aromatic N) is 4. The lowest BCUT2D eigenvalue weighted by Crippen LogP contribution is -2.49. The molecule has 4 rings (SSSR count). The molecule has 7 nitrogen and oxygen atoms in total. The van der Waals surface area contributed by atoms with Crippen LogP contribution < -0.4 is 14.4 Å². The first-order valence-corrected chi connectivity index (χ1v) is 9.96. The third-order valence-electron chi connectivity index (χ3n) is 5.38. The number of aromatic nitrogens is 2. The lowest BCUT2D eigenvalue weighted by molar-refractivity contribution is 0.0745. The third-order valence-corrected chi connectivity index (χ3v) is 5.38. The Morgan fingerprint density at radius 3 is 2.17 bits per heavy atom. The molecule has 1 amide bonds. The standard InChI is InChI=1S/C23H26N4O3/c1-17-4-6-19(7-5-17)27-9-8-24-23(27)26-12-10-25(11-13-26)22(28)18-14-20(29-2)16-21(15-18)30-3/h4-9,14-16H,10-13H2,1-3H3.